The summed E-state index contributed by atoms with van der Waals surface area (Å²) in [6.07, 6.45) is 7.15. The van der Waals surface area contributed by atoms with Gasteiger partial charge in [-0.15, -0.1) is 0 Å². The van der Waals surface area contributed by atoms with Gasteiger partial charge in [-0.2, -0.15) is 0 Å². The van der Waals surface area contributed by atoms with Gasteiger partial charge in [0.15, 0.2) is 0 Å². The van der Waals surface area contributed by atoms with Crippen LogP contribution in [0.15, 0.2) is 0 Å². The fourth-order valence-corrected chi connectivity index (χ4v) is 4.25. The summed E-state index contributed by atoms with van der Waals surface area (Å²) >= 11 is 3.70. The highest BCUT2D eigenvalue weighted by atomic mass is 79.9. The minimum absolute atomic E-state index is 0.655. The molecule has 0 N–H and O–H groups in total. The summed E-state index contributed by atoms with van der Waals surface area (Å²) in [5.74, 6) is 0. The Kier molecular flexibility index (Phi) is 3.05. The van der Waals surface area contributed by atoms with Crippen LogP contribution in [-0.4, -0.2) is 53.9 Å². The SMILES string of the molecule is CN1C2CCC1CN(CC1(CBr)CC1)CC2. The van der Waals surface area contributed by atoms with Crippen LogP contribution >= 0.6 is 15.9 Å². The van der Waals surface area contributed by atoms with E-state index >= 15 is 0 Å². The minimum Gasteiger partial charge on any atom is -0.301 e. The maximum absolute atomic E-state index is 3.70. The van der Waals surface area contributed by atoms with Crippen molar-refractivity contribution in [2.75, 3.05) is 32.0 Å². The fourth-order valence-electron chi connectivity index (χ4n) is 3.51. The van der Waals surface area contributed by atoms with Crippen LogP contribution in [0.25, 0.3) is 0 Å². The second-order valence-corrected chi connectivity index (χ2v) is 6.77. The molecule has 2 heterocycles. The van der Waals surface area contributed by atoms with Crippen LogP contribution in [0.5, 0.6) is 0 Å². The summed E-state index contributed by atoms with van der Waals surface area (Å²) in [7, 11) is 2.34. The van der Waals surface area contributed by atoms with Gasteiger partial charge in [-0.1, -0.05) is 15.9 Å². The molecule has 2 nitrogen and oxygen atoms in total. The zero-order valence-electron chi connectivity index (χ0n) is 10.3. The Labute approximate surface area is 107 Å². The number of likely N-dealkylation sites (N-methyl/N-ethyl adjacent to an activating group) is 1. The molecular weight excluding hydrogens is 264 g/mol. The molecule has 1 aliphatic carbocycles. The third-order valence-electron chi connectivity index (χ3n) is 5.03. The van der Waals surface area contributed by atoms with E-state index in [0.29, 0.717) is 5.41 Å². The molecule has 3 fully saturated rings. The van der Waals surface area contributed by atoms with Crippen molar-refractivity contribution >= 4 is 15.9 Å². The molecule has 2 aliphatic heterocycles. The van der Waals surface area contributed by atoms with Crippen molar-refractivity contribution in [2.24, 2.45) is 5.41 Å². The maximum atomic E-state index is 3.70. The van der Waals surface area contributed by atoms with E-state index in [2.05, 4.69) is 32.8 Å². The topological polar surface area (TPSA) is 6.48 Å². The number of alkyl halides is 1. The molecule has 0 aromatic carbocycles. The first-order valence-corrected chi connectivity index (χ1v) is 7.85. The average molecular weight is 287 g/mol. The minimum atomic E-state index is 0.655. The largest absolute Gasteiger partial charge is 0.301 e. The number of fused-ring (bicyclic) bond motifs is 2. The summed E-state index contributed by atoms with van der Waals surface area (Å²) in [5, 5.41) is 1.21. The van der Waals surface area contributed by atoms with Crippen LogP contribution < -0.4 is 0 Å². The van der Waals surface area contributed by atoms with Gasteiger partial charge in [-0.05, 0) is 51.1 Å². The smallest absolute Gasteiger partial charge is 0.0223 e. The molecule has 16 heavy (non-hydrogen) atoms. The van der Waals surface area contributed by atoms with Crippen molar-refractivity contribution in [3.63, 3.8) is 0 Å². The van der Waals surface area contributed by atoms with E-state index in [4.69, 9.17) is 0 Å². The van der Waals surface area contributed by atoms with Gasteiger partial charge in [0.25, 0.3) is 0 Å². The summed E-state index contributed by atoms with van der Waals surface area (Å²) in [6.45, 7) is 4.00. The molecule has 0 aromatic heterocycles. The molecule has 2 bridgehead atoms. The predicted octanol–water partition coefficient (Wildman–Crippen LogP) is 2.33. The number of nitrogens with zero attached hydrogens (tertiary/aromatic N) is 2. The van der Waals surface area contributed by atoms with E-state index in [-0.39, 0.29) is 0 Å². The number of likely N-dealkylation sites (tertiary alicyclic amines) is 1. The predicted molar refractivity (Wildman–Crippen MR) is 71.1 cm³/mol. The summed E-state index contributed by atoms with van der Waals surface area (Å²) < 4.78 is 0. The summed E-state index contributed by atoms with van der Waals surface area (Å²) in [4.78, 5) is 5.39. The molecule has 3 aliphatic rings. The number of halogens is 1. The van der Waals surface area contributed by atoms with Crippen LogP contribution in [0.2, 0.25) is 0 Å². The highest BCUT2D eigenvalue weighted by molar-refractivity contribution is 9.09. The Hall–Kier alpha value is 0.400. The van der Waals surface area contributed by atoms with Gasteiger partial charge in [-0.3, -0.25) is 4.90 Å². The van der Waals surface area contributed by atoms with Crippen LogP contribution in [0, 0.1) is 5.41 Å². The van der Waals surface area contributed by atoms with Crippen LogP contribution in [-0.2, 0) is 0 Å². The van der Waals surface area contributed by atoms with Crippen molar-refractivity contribution in [2.45, 2.75) is 44.2 Å². The maximum Gasteiger partial charge on any atom is 0.0223 e. The normalized spacial score (nSPS) is 38.6. The fraction of sp³-hybridized carbons (Fsp3) is 1.00. The quantitative estimate of drug-likeness (QED) is 0.735. The second kappa shape index (κ2) is 4.25. The van der Waals surface area contributed by atoms with E-state index < -0.39 is 0 Å². The molecule has 3 heteroatoms. The average Bonchev–Trinajstić information content (AvgIpc) is 2.97. The van der Waals surface area contributed by atoms with Gasteiger partial charge in [0.1, 0.15) is 0 Å². The van der Waals surface area contributed by atoms with Crippen molar-refractivity contribution in [3.8, 4) is 0 Å². The Morgan fingerprint density at radius 3 is 2.62 bits per heavy atom. The first-order chi connectivity index (χ1) is 7.72. The number of hydrogen-bond acceptors (Lipinski definition) is 2. The van der Waals surface area contributed by atoms with Crippen molar-refractivity contribution < 1.29 is 0 Å². The molecule has 1 saturated carbocycles. The first-order valence-electron chi connectivity index (χ1n) is 6.73. The van der Waals surface area contributed by atoms with Crippen LogP contribution in [0.4, 0.5) is 0 Å². The van der Waals surface area contributed by atoms with E-state index in [1.54, 1.807) is 0 Å². The Balaban J connectivity index is 1.61. The standard InChI is InChI=1S/C13H23BrN2/c1-15-11-2-3-12(15)8-16(7-4-11)10-13(9-14)5-6-13/h11-12H,2-10H2,1H3. The Morgan fingerprint density at radius 2 is 1.94 bits per heavy atom. The van der Waals surface area contributed by atoms with Crippen molar-refractivity contribution in [3.05, 3.63) is 0 Å². The van der Waals surface area contributed by atoms with Gasteiger partial charge >= 0.3 is 0 Å². The van der Waals surface area contributed by atoms with Crippen molar-refractivity contribution in [1.29, 1.82) is 0 Å². The van der Waals surface area contributed by atoms with Gasteiger partial charge in [0, 0.05) is 30.5 Å². The molecule has 0 aromatic rings. The molecular formula is C13H23BrN2. The van der Waals surface area contributed by atoms with Crippen molar-refractivity contribution in [1.82, 2.24) is 9.80 Å². The Morgan fingerprint density at radius 1 is 1.19 bits per heavy atom. The molecule has 2 saturated heterocycles. The molecule has 0 spiro atoms. The highest BCUT2D eigenvalue weighted by Gasteiger charge is 2.44. The van der Waals surface area contributed by atoms with Gasteiger partial charge in [0.05, 0.1) is 0 Å². The lowest BCUT2D eigenvalue weighted by Gasteiger charge is -2.28. The molecule has 2 unspecified atom stereocenters. The van der Waals surface area contributed by atoms with E-state index in [9.17, 15) is 0 Å². The monoisotopic (exact) mass is 286 g/mol. The molecule has 0 radical (unpaired) electrons. The Bertz CT molecular complexity index is 265. The highest BCUT2D eigenvalue weighted by Crippen LogP contribution is 2.48. The van der Waals surface area contributed by atoms with Crippen LogP contribution in [0.3, 0.4) is 0 Å². The second-order valence-electron chi connectivity index (χ2n) is 6.21. The lowest BCUT2D eigenvalue weighted by molar-refractivity contribution is 0.197. The number of rotatable bonds is 3. The third kappa shape index (κ3) is 2.06. The lowest BCUT2D eigenvalue weighted by atomic mass is 10.1. The molecule has 2 atom stereocenters. The van der Waals surface area contributed by atoms with Gasteiger partial charge < -0.3 is 4.90 Å². The van der Waals surface area contributed by atoms with E-state index in [1.807, 2.05) is 0 Å². The molecule has 3 rings (SSSR count). The van der Waals surface area contributed by atoms with Gasteiger partial charge in [0.2, 0.25) is 0 Å². The number of hydrogen-bond donors (Lipinski definition) is 0. The zero-order chi connectivity index (χ0) is 11.2. The van der Waals surface area contributed by atoms with E-state index in [0.717, 1.165) is 12.1 Å². The van der Waals surface area contributed by atoms with Crippen LogP contribution in [0.1, 0.15) is 32.1 Å². The summed E-state index contributed by atoms with van der Waals surface area (Å²) in [5.41, 5.74) is 0.655. The molecule has 92 valence electrons. The summed E-state index contributed by atoms with van der Waals surface area (Å²) in [6, 6.07) is 1.73. The third-order valence-corrected chi connectivity index (χ3v) is 6.22. The lowest BCUT2D eigenvalue weighted by Crippen LogP contribution is -2.39. The molecule has 0 amide bonds. The zero-order valence-corrected chi connectivity index (χ0v) is 11.9. The van der Waals surface area contributed by atoms with Gasteiger partial charge in [-0.25, -0.2) is 0 Å². The van der Waals surface area contributed by atoms with E-state index in [1.165, 1.54) is 57.1 Å². The first kappa shape index (κ1) is 11.5.